The highest BCUT2D eigenvalue weighted by atomic mass is 32.1. The average Bonchev–Trinajstić information content (AvgIpc) is 2.57. The summed E-state index contributed by atoms with van der Waals surface area (Å²) in [5, 5.41) is 18.4. The summed E-state index contributed by atoms with van der Waals surface area (Å²) in [6.07, 6.45) is 0. The maximum absolute atomic E-state index is 10.7. The average molecular weight is 342 g/mol. The third-order valence-corrected chi connectivity index (χ3v) is 3.87. The molecule has 0 radical (unpaired) electrons. The van der Waals surface area contributed by atoms with E-state index < -0.39 is 4.92 Å². The van der Waals surface area contributed by atoms with Gasteiger partial charge in [0.15, 0.2) is 5.11 Å². The number of hydrazone groups is 1. The number of nitro groups is 1. The van der Waals surface area contributed by atoms with Crippen LogP contribution in [0.4, 0.5) is 11.4 Å². The molecule has 0 aromatic heterocycles. The predicted molar refractivity (Wildman–Crippen MR) is 101 cm³/mol. The van der Waals surface area contributed by atoms with Crippen molar-refractivity contribution in [1.29, 1.82) is 0 Å². The van der Waals surface area contributed by atoms with Gasteiger partial charge in [0.2, 0.25) is 0 Å². The number of thiocarbonyl (C=S) groups is 1. The highest BCUT2D eigenvalue weighted by molar-refractivity contribution is 7.80. The third kappa shape index (κ3) is 4.36. The maximum Gasteiger partial charge on any atom is 0.269 e. The lowest BCUT2D eigenvalue weighted by Crippen LogP contribution is -2.25. The van der Waals surface area contributed by atoms with Gasteiger partial charge in [-0.25, -0.2) is 0 Å². The molecule has 0 saturated heterocycles. The van der Waals surface area contributed by atoms with E-state index >= 15 is 0 Å². The van der Waals surface area contributed by atoms with Crippen LogP contribution in [-0.2, 0) is 0 Å². The van der Waals surface area contributed by atoms with Crippen LogP contribution in [0.25, 0.3) is 0 Å². The van der Waals surface area contributed by atoms with Crippen LogP contribution in [0, 0.1) is 24.0 Å². The molecule has 0 heterocycles. The van der Waals surface area contributed by atoms with Crippen LogP contribution in [0.5, 0.6) is 0 Å². The van der Waals surface area contributed by atoms with Crippen molar-refractivity contribution in [3.05, 3.63) is 69.3 Å². The van der Waals surface area contributed by atoms with Gasteiger partial charge < -0.3 is 5.32 Å². The summed E-state index contributed by atoms with van der Waals surface area (Å²) in [6, 6.07) is 12.1. The summed E-state index contributed by atoms with van der Waals surface area (Å²) in [7, 11) is 0. The van der Waals surface area contributed by atoms with Gasteiger partial charge in [-0.3, -0.25) is 15.5 Å². The summed E-state index contributed by atoms with van der Waals surface area (Å²) in [6.45, 7) is 5.86. The Morgan fingerprint density at radius 3 is 2.46 bits per heavy atom. The maximum atomic E-state index is 10.7. The molecule has 0 atom stereocenters. The van der Waals surface area contributed by atoms with Gasteiger partial charge in [0, 0.05) is 17.8 Å². The predicted octanol–water partition coefficient (Wildman–Crippen LogP) is 3.92. The number of rotatable bonds is 4. The zero-order valence-electron chi connectivity index (χ0n) is 13.7. The smallest absolute Gasteiger partial charge is 0.269 e. The van der Waals surface area contributed by atoms with E-state index in [0.717, 1.165) is 16.8 Å². The molecule has 0 aliphatic rings. The molecular weight excluding hydrogens is 324 g/mol. The Morgan fingerprint density at radius 2 is 1.83 bits per heavy atom. The first-order valence-corrected chi connectivity index (χ1v) is 7.71. The Morgan fingerprint density at radius 1 is 1.17 bits per heavy atom. The lowest BCUT2D eigenvalue weighted by molar-refractivity contribution is -0.384. The standard InChI is InChI=1S/C17H18N4O2S/c1-11-5-4-6-16(12(11)2)18-17(24)20-19-13(3)14-7-9-15(10-8-14)21(22)23/h4-10H,1-3H3,(H2,18,20,24). The van der Waals surface area contributed by atoms with Crippen molar-refractivity contribution in [1.82, 2.24) is 5.43 Å². The zero-order chi connectivity index (χ0) is 17.7. The second kappa shape index (κ2) is 7.65. The van der Waals surface area contributed by atoms with Gasteiger partial charge in [-0.2, -0.15) is 5.10 Å². The molecule has 2 N–H and O–H groups in total. The number of nitro benzene ring substituents is 1. The molecule has 0 fully saturated rings. The number of hydrogen-bond acceptors (Lipinski definition) is 4. The van der Waals surface area contributed by atoms with Crippen molar-refractivity contribution in [2.75, 3.05) is 5.32 Å². The lowest BCUT2D eigenvalue weighted by atomic mass is 10.1. The highest BCUT2D eigenvalue weighted by Gasteiger charge is 2.06. The van der Waals surface area contributed by atoms with Crippen LogP contribution in [0.3, 0.4) is 0 Å². The molecule has 0 aliphatic carbocycles. The quantitative estimate of drug-likeness (QED) is 0.381. The van der Waals surface area contributed by atoms with E-state index in [1.165, 1.54) is 17.7 Å². The van der Waals surface area contributed by atoms with Crippen LogP contribution < -0.4 is 10.7 Å². The molecule has 2 aromatic carbocycles. The summed E-state index contributed by atoms with van der Waals surface area (Å²) >= 11 is 5.24. The fourth-order valence-corrected chi connectivity index (χ4v) is 2.22. The number of anilines is 1. The largest absolute Gasteiger partial charge is 0.331 e. The summed E-state index contributed by atoms with van der Waals surface area (Å²) in [5.41, 5.74) is 7.52. The fourth-order valence-electron chi connectivity index (χ4n) is 2.06. The van der Waals surface area contributed by atoms with Gasteiger partial charge in [-0.1, -0.05) is 12.1 Å². The van der Waals surface area contributed by atoms with E-state index in [9.17, 15) is 10.1 Å². The zero-order valence-corrected chi connectivity index (χ0v) is 14.5. The molecule has 0 bridgehead atoms. The van der Waals surface area contributed by atoms with Crippen LogP contribution in [0.15, 0.2) is 47.6 Å². The van der Waals surface area contributed by atoms with Crippen molar-refractivity contribution < 1.29 is 4.92 Å². The SMILES string of the molecule is CC(=NNC(=S)Nc1cccc(C)c1C)c1ccc([N+](=O)[O-])cc1. The topological polar surface area (TPSA) is 79.6 Å². The number of nitrogens with zero attached hydrogens (tertiary/aromatic N) is 2. The molecule has 0 amide bonds. The van der Waals surface area contributed by atoms with Crippen molar-refractivity contribution >= 4 is 34.4 Å². The number of benzene rings is 2. The first-order valence-electron chi connectivity index (χ1n) is 7.31. The first kappa shape index (κ1) is 17.6. The van der Waals surface area contributed by atoms with E-state index in [1.807, 2.05) is 32.0 Å². The molecule has 0 spiro atoms. The van der Waals surface area contributed by atoms with Crippen LogP contribution >= 0.6 is 12.2 Å². The Balaban J connectivity index is 2.02. The summed E-state index contributed by atoms with van der Waals surface area (Å²) < 4.78 is 0. The number of hydrogen-bond donors (Lipinski definition) is 2. The van der Waals surface area contributed by atoms with E-state index in [0.29, 0.717) is 10.8 Å². The van der Waals surface area contributed by atoms with E-state index in [1.54, 1.807) is 19.1 Å². The van der Waals surface area contributed by atoms with E-state index in [4.69, 9.17) is 12.2 Å². The lowest BCUT2D eigenvalue weighted by Gasteiger charge is -2.12. The molecule has 7 heteroatoms. The molecule has 0 aliphatic heterocycles. The van der Waals surface area contributed by atoms with Gasteiger partial charge in [0.25, 0.3) is 5.69 Å². The molecule has 6 nitrogen and oxygen atoms in total. The van der Waals surface area contributed by atoms with Crippen LogP contribution in [0.2, 0.25) is 0 Å². The molecule has 0 saturated carbocycles. The molecule has 124 valence electrons. The van der Waals surface area contributed by atoms with E-state index in [-0.39, 0.29) is 5.69 Å². The second-order valence-electron chi connectivity index (χ2n) is 5.31. The van der Waals surface area contributed by atoms with E-state index in [2.05, 4.69) is 15.8 Å². The molecule has 2 aromatic rings. The van der Waals surface area contributed by atoms with Gasteiger partial charge in [-0.15, -0.1) is 0 Å². The molecule has 0 unspecified atom stereocenters. The number of aryl methyl sites for hydroxylation is 1. The van der Waals surface area contributed by atoms with Crippen molar-refractivity contribution in [3.63, 3.8) is 0 Å². The normalized spacial score (nSPS) is 11.0. The number of non-ortho nitro benzene ring substituents is 1. The Bertz CT molecular complexity index is 801. The minimum absolute atomic E-state index is 0.0478. The minimum Gasteiger partial charge on any atom is -0.331 e. The Hall–Kier alpha value is -2.80. The van der Waals surface area contributed by atoms with Gasteiger partial charge in [0.05, 0.1) is 10.6 Å². The monoisotopic (exact) mass is 342 g/mol. The first-order chi connectivity index (χ1) is 11.4. The van der Waals surface area contributed by atoms with Crippen LogP contribution in [0.1, 0.15) is 23.6 Å². The van der Waals surface area contributed by atoms with Crippen molar-refractivity contribution in [2.24, 2.45) is 5.10 Å². The third-order valence-electron chi connectivity index (χ3n) is 3.67. The summed E-state index contributed by atoms with van der Waals surface area (Å²) in [5.74, 6) is 0. The highest BCUT2D eigenvalue weighted by Crippen LogP contribution is 2.17. The van der Waals surface area contributed by atoms with Gasteiger partial charge in [-0.05, 0) is 67.9 Å². The summed E-state index contributed by atoms with van der Waals surface area (Å²) in [4.78, 5) is 10.2. The van der Waals surface area contributed by atoms with Crippen molar-refractivity contribution in [3.8, 4) is 0 Å². The van der Waals surface area contributed by atoms with Gasteiger partial charge in [0.1, 0.15) is 0 Å². The number of nitrogens with one attached hydrogen (secondary N) is 2. The second-order valence-corrected chi connectivity index (χ2v) is 5.72. The minimum atomic E-state index is -0.433. The van der Waals surface area contributed by atoms with Crippen LogP contribution in [-0.4, -0.2) is 15.7 Å². The van der Waals surface area contributed by atoms with Gasteiger partial charge >= 0.3 is 0 Å². The molecular formula is C17H18N4O2S. The Kier molecular flexibility index (Phi) is 5.59. The molecule has 24 heavy (non-hydrogen) atoms. The van der Waals surface area contributed by atoms with Crippen molar-refractivity contribution in [2.45, 2.75) is 20.8 Å². The Labute approximate surface area is 145 Å². The fraction of sp³-hybridized carbons (Fsp3) is 0.176. The molecule has 2 rings (SSSR count).